The number of rotatable bonds is 6. The molecule has 0 saturated carbocycles. The summed E-state index contributed by atoms with van der Waals surface area (Å²) in [6.07, 6.45) is 0.697. The van der Waals surface area contributed by atoms with E-state index in [9.17, 15) is 14.4 Å². The van der Waals surface area contributed by atoms with Gasteiger partial charge in [0, 0.05) is 13.0 Å². The smallest absolute Gasteiger partial charge is 0.411 e. The highest BCUT2D eigenvalue weighted by molar-refractivity contribution is 5.95. The van der Waals surface area contributed by atoms with Crippen molar-refractivity contribution >= 4 is 23.7 Å². The van der Waals surface area contributed by atoms with Gasteiger partial charge >= 0.3 is 12.1 Å². The predicted octanol–water partition coefficient (Wildman–Crippen LogP) is 3.99. The Labute approximate surface area is 190 Å². The van der Waals surface area contributed by atoms with E-state index in [-0.39, 0.29) is 18.2 Å². The zero-order chi connectivity index (χ0) is 23.5. The van der Waals surface area contributed by atoms with Gasteiger partial charge in [-0.3, -0.25) is 10.1 Å². The Balaban J connectivity index is 1.38. The van der Waals surface area contributed by atoms with Gasteiger partial charge < -0.3 is 14.7 Å². The van der Waals surface area contributed by atoms with Crippen LogP contribution in [-0.2, 0) is 9.53 Å². The number of nitrogens with zero attached hydrogens (tertiary/aromatic N) is 2. The van der Waals surface area contributed by atoms with Gasteiger partial charge in [0.25, 0.3) is 5.91 Å². The number of nitrogens with one attached hydrogen (secondary N) is 1. The van der Waals surface area contributed by atoms with E-state index >= 15 is 0 Å². The minimum absolute atomic E-state index is 0.0481. The molecular weight excluding hydrogens is 422 g/mol. The molecule has 0 fully saturated rings. The summed E-state index contributed by atoms with van der Waals surface area (Å²) < 4.78 is 5.50. The predicted molar refractivity (Wildman–Crippen MR) is 122 cm³/mol. The van der Waals surface area contributed by atoms with E-state index in [1.807, 2.05) is 36.4 Å². The number of hydrogen-bond donors (Lipinski definition) is 2. The SMILES string of the molecule is CC(C(=O)O)N(C)C(=O)c1ccc(NC(=O)OCC2c3ccccc3-c3ccccc32)cn1. The fourth-order valence-corrected chi connectivity index (χ4v) is 3.87. The Kier molecular flexibility index (Phi) is 6.08. The summed E-state index contributed by atoms with van der Waals surface area (Å²) in [4.78, 5) is 40.9. The molecule has 8 nitrogen and oxygen atoms in total. The van der Waals surface area contributed by atoms with Crippen LogP contribution in [0.2, 0.25) is 0 Å². The summed E-state index contributed by atoms with van der Waals surface area (Å²) in [5, 5.41) is 11.7. The number of carbonyl (C=O) groups is 3. The van der Waals surface area contributed by atoms with Crippen molar-refractivity contribution in [3.05, 3.63) is 83.7 Å². The first-order valence-electron chi connectivity index (χ1n) is 10.4. The van der Waals surface area contributed by atoms with Crippen LogP contribution in [0, 0.1) is 0 Å². The van der Waals surface area contributed by atoms with Gasteiger partial charge in [0.05, 0.1) is 11.9 Å². The highest BCUT2D eigenvalue weighted by Crippen LogP contribution is 2.44. The molecule has 0 radical (unpaired) electrons. The second-order valence-electron chi connectivity index (χ2n) is 7.81. The van der Waals surface area contributed by atoms with Gasteiger partial charge in [-0.25, -0.2) is 14.6 Å². The van der Waals surface area contributed by atoms with Crippen LogP contribution in [0.5, 0.6) is 0 Å². The van der Waals surface area contributed by atoms with Crippen LogP contribution < -0.4 is 5.32 Å². The fourth-order valence-electron chi connectivity index (χ4n) is 3.87. The molecule has 0 spiro atoms. The van der Waals surface area contributed by atoms with Crippen molar-refractivity contribution in [3.63, 3.8) is 0 Å². The summed E-state index contributed by atoms with van der Waals surface area (Å²) in [5.74, 6) is -1.69. The van der Waals surface area contributed by atoms with Crippen molar-refractivity contribution in [2.45, 2.75) is 18.9 Å². The maximum atomic E-state index is 12.4. The number of amides is 2. The van der Waals surface area contributed by atoms with Crippen LogP contribution in [0.25, 0.3) is 11.1 Å². The molecule has 2 amide bonds. The molecular formula is C25H23N3O5. The normalized spacial score (nSPS) is 12.9. The van der Waals surface area contributed by atoms with E-state index < -0.39 is 24.0 Å². The van der Waals surface area contributed by atoms with E-state index in [0.29, 0.717) is 5.69 Å². The zero-order valence-corrected chi connectivity index (χ0v) is 18.2. The molecule has 0 aliphatic heterocycles. The minimum atomic E-state index is -1.11. The maximum absolute atomic E-state index is 12.4. The van der Waals surface area contributed by atoms with Crippen molar-refractivity contribution in [1.82, 2.24) is 9.88 Å². The molecule has 1 aromatic heterocycles. The summed E-state index contributed by atoms with van der Waals surface area (Å²) in [6, 6.07) is 18.1. The number of carbonyl (C=O) groups excluding carboxylic acids is 2. The molecule has 1 aliphatic rings. The Bertz CT molecular complexity index is 1160. The van der Waals surface area contributed by atoms with Crippen molar-refractivity contribution in [2.75, 3.05) is 19.0 Å². The Morgan fingerprint density at radius 1 is 1.03 bits per heavy atom. The number of carboxylic acid groups (broad SMARTS) is 1. The Hall–Kier alpha value is -4.20. The third kappa shape index (κ3) is 4.41. The first-order valence-corrected chi connectivity index (χ1v) is 10.4. The molecule has 4 rings (SSSR count). The zero-order valence-electron chi connectivity index (χ0n) is 18.2. The number of likely N-dealkylation sites (N-methyl/N-ethyl adjacent to an activating group) is 1. The van der Waals surface area contributed by atoms with E-state index in [4.69, 9.17) is 9.84 Å². The van der Waals surface area contributed by atoms with Crippen LogP contribution in [0.1, 0.15) is 34.5 Å². The molecule has 0 bridgehead atoms. The number of ether oxygens (including phenoxy) is 1. The second kappa shape index (κ2) is 9.12. The maximum Gasteiger partial charge on any atom is 0.411 e. The van der Waals surface area contributed by atoms with E-state index in [0.717, 1.165) is 27.2 Å². The lowest BCUT2D eigenvalue weighted by molar-refractivity contribution is -0.141. The number of hydrogen-bond acceptors (Lipinski definition) is 5. The van der Waals surface area contributed by atoms with Gasteiger partial charge in [0.1, 0.15) is 18.3 Å². The standard InChI is InChI=1S/C25H23N3O5/c1-15(24(30)31)28(2)23(29)22-12-11-16(13-26-22)27-25(32)33-14-21-19-9-5-3-7-17(19)18-8-4-6-10-20(18)21/h3-13,15,21H,14H2,1-2H3,(H,27,32)(H,30,31). The lowest BCUT2D eigenvalue weighted by Crippen LogP contribution is -2.40. The van der Waals surface area contributed by atoms with Crippen molar-refractivity contribution in [3.8, 4) is 11.1 Å². The monoisotopic (exact) mass is 445 g/mol. The summed E-state index contributed by atoms with van der Waals surface area (Å²) >= 11 is 0. The lowest BCUT2D eigenvalue weighted by atomic mass is 9.98. The van der Waals surface area contributed by atoms with Crippen LogP contribution in [0.3, 0.4) is 0 Å². The highest BCUT2D eigenvalue weighted by Gasteiger charge is 2.29. The molecule has 8 heteroatoms. The van der Waals surface area contributed by atoms with Crippen LogP contribution in [0.4, 0.5) is 10.5 Å². The molecule has 33 heavy (non-hydrogen) atoms. The number of carboxylic acids is 1. The Morgan fingerprint density at radius 3 is 2.18 bits per heavy atom. The van der Waals surface area contributed by atoms with E-state index in [2.05, 4.69) is 22.4 Å². The average Bonchev–Trinajstić information content (AvgIpc) is 3.15. The second-order valence-corrected chi connectivity index (χ2v) is 7.81. The van der Waals surface area contributed by atoms with Crippen LogP contribution in [-0.4, -0.2) is 52.7 Å². The molecule has 1 aliphatic carbocycles. The largest absolute Gasteiger partial charge is 0.480 e. The summed E-state index contributed by atoms with van der Waals surface area (Å²) in [5.41, 5.74) is 4.97. The van der Waals surface area contributed by atoms with E-state index in [1.54, 1.807) is 0 Å². The fraction of sp³-hybridized carbons (Fsp3) is 0.200. The number of pyridine rings is 1. The minimum Gasteiger partial charge on any atom is -0.480 e. The molecule has 1 heterocycles. The first kappa shape index (κ1) is 22.0. The quantitative estimate of drug-likeness (QED) is 0.594. The van der Waals surface area contributed by atoms with Crippen molar-refractivity contribution in [1.29, 1.82) is 0 Å². The molecule has 2 aromatic carbocycles. The third-order valence-electron chi connectivity index (χ3n) is 5.83. The number of aliphatic carboxylic acids is 1. The van der Waals surface area contributed by atoms with E-state index in [1.165, 1.54) is 32.3 Å². The highest BCUT2D eigenvalue weighted by atomic mass is 16.5. The number of fused-ring (bicyclic) bond motifs is 3. The number of anilines is 1. The third-order valence-corrected chi connectivity index (χ3v) is 5.83. The number of aromatic nitrogens is 1. The molecule has 1 unspecified atom stereocenters. The summed E-state index contributed by atoms with van der Waals surface area (Å²) in [6.45, 7) is 1.59. The van der Waals surface area contributed by atoms with Gasteiger partial charge in [-0.2, -0.15) is 0 Å². The molecule has 168 valence electrons. The molecule has 1 atom stereocenters. The van der Waals surface area contributed by atoms with Gasteiger partial charge in [-0.1, -0.05) is 48.5 Å². The summed E-state index contributed by atoms with van der Waals surface area (Å²) in [7, 11) is 1.39. The number of benzene rings is 2. The topological polar surface area (TPSA) is 109 Å². The van der Waals surface area contributed by atoms with Gasteiger partial charge in [0.2, 0.25) is 0 Å². The van der Waals surface area contributed by atoms with Crippen LogP contribution in [0.15, 0.2) is 66.9 Å². The average molecular weight is 445 g/mol. The molecule has 2 N–H and O–H groups in total. The van der Waals surface area contributed by atoms with Crippen LogP contribution >= 0.6 is 0 Å². The van der Waals surface area contributed by atoms with Crippen molar-refractivity contribution in [2.24, 2.45) is 0 Å². The van der Waals surface area contributed by atoms with Crippen molar-refractivity contribution < 1.29 is 24.2 Å². The lowest BCUT2D eigenvalue weighted by Gasteiger charge is -2.21. The van der Waals surface area contributed by atoms with Gasteiger partial charge in [-0.05, 0) is 41.3 Å². The molecule has 0 saturated heterocycles. The first-order chi connectivity index (χ1) is 15.9. The molecule has 3 aromatic rings. The van der Waals surface area contributed by atoms with Gasteiger partial charge in [0.15, 0.2) is 0 Å². The Morgan fingerprint density at radius 2 is 1.64 bits per heavy atom. The van der Waals surface area contributed by atoms with Gasteiger partial charge in [-0.15, -0.1) is 0 Å².